The zero-order valence-electron chi connectivity index (χ0n) is 6.23. The van der Waals surface area contributed by atoms with E-state index in [2.05, 4.69) is 0 Å². The van der Waals surface area contributed by atoms with Crippen molar-refractivity contribution >= 4 is 17.7 Å². The van der Waals surface area contributed by atoms with Crippen molar-refractivity contribution in [3.05, 3.63) is 0 Å². The van der Waals surface area contributed by atoms with Crippen molar-refractivity contribution in [2.24, 2.45) is 0 Å². The van der Waals surface area contributed by atoms with Crippen LogP contribution in [0.15, 0.2) is 0 Å². The molecule has 1 fully saturated rings. The summed E-state index contributed by atoms with van der Waals surface area (Å²) in [4.78, 5) is 10.7. The highest BCUT2D eigenvalue weighted by molar-refractivity contribution is 7.97. The summed E-state index contributed by atoms with van der Waals surface area (Å²) in [5.74, 6) is 0.0500. The van der Waals surface area contributed by atoms with Crippen LogP contribution in [0.3, 0.4) is 0 Å². The van der Waals surface area contributed by atoms with Gasteiger partial charge in [-0.1, -0.05) is 0 Å². The van der Waals surface area contributed by atoms with Crippen molar-refractivity contribution in [2.45, 2.75) is 18.3 Å². The number of alkyl halides is 3. The first-order chi connectivity index (χ1) is 5.47. The van der Waals surface area contributed by atoms with Crippen LogP contribution in [0.25, 0.3) is 0 Å². The average Bonchev–Trinajstić information content (AvgIpc) is 1.91. The highest BCUT2D eigenvalue weighted by Crippen LogP contribution is 2.34. The Morgan fingerprint density at radius 2 is 1.75 bits per heavy atom. The summed E-state index contributed by atoms with van der Waals surface area (Å²) in [6.07, 6.45) is 0.478. The fourth-order valence-corrected chi connectivity index (χ4v) is 1.63. The van der Waals surface area contributed by atoms with Gasteiger partial charge in [-0.3, -0.25) is 4.79 Å². The molecule has 70 valence electrons. The lowest BCUT2D eigenvalue weighted by Gasteiger charge is -2.24. The third-order valence-corrected chi connectivity index (χ3v) is 2.34. The molecule has 0 radical (unpaired) electrons. The van der Waals surface area contributed by atoms with Gasteiger partial charge < -0.3 is 0 Å². The molecule has 0 amide bonds. The molecule has 1 rings (SSSR count). The summed E-state index contributed by atoms with van der Waals surface area (Å²) in [5, 5.41) is 0. The van der Waals surface area contributed by atoms with Crippen LogP contribution in [0.2, 0.25) is 0 Å². The van der Waals surface area contributed by atoms with Gasteiger partial charge in [0.15, 0.2) is 0 Å². The van der Waals surface area contributed by atoms with E-state index in [0.717, 1.165) is 0 Å². The molecule has 0 N–H and O–H groups in total. The van der Waals surface area contributed by atoms with Crippen LogP contribution in [0, 0.1) is 0 Å². The van der Waals surface area contributed by atoms with E-state index in [0.29, 0.717) is 0 Å². The van der Waals surface area contributed by atoms with E-state index in [1.165, 1.54) is 4.31 Å². The maximum absolute atomic E-state index is 11.8. The summed E-state index contributed by atoms with van der Waals surface area (Å²) in [5.41, 5.74) is -4.22. The second-order valence-electron chi connectivity index (χ2n) is 2.50. The van der Waals surface area contributed by atoms with E-state index in [1.807, 2.05) is 0 Å². The van der Waals surface area contributed by atoms with E-state index in [1.54, 1.807) is 0 Å². The fraction of sp³-hybridized carbons (Fsp3) is 0.833. The first-order valence-corrected chi connectivity index (χ1v) is 4.27. The molecule has 1 heterocycles. The van der Waals surface area contributed by atoms with E-state index < -0.39 is 5.51 Å². The Morgan fingerprint density at radius 1 is 1.25 bits per heavy atom. The maximum Gasteiger partial charge on any atom is 0.456 e. The lowest BCUT2D eigenvalue weighted by Crippen LogP contribution is -2.31. The molecule has 0 bridgehead atoms. The van der Waals surface area contributed by atoms with Gasteiger partial charge in [0.2, 0.25) is 0 Å². The Bertz CT molecular complexity index is 172. The number of ketones is 1. The van der Waals surface area contributed by atoms with Crippen molar-refractivity contribution in [1.82, 2.24) is 4.31 Å². The molecule has 0 atom stereocenters. The lowest BCUT2D eigenvalue weighted by atomic mass is 10.1. The Hall–Kier alpha value is -0.230. The van der Waals surface area contributed by atoms with Crippen LogP contribution in [-0.2, 0) is 4.79 Å². The van der Waals surface area contributed by atoms with Gasteiger partial charge in [-0.15, -0.1) is 0 Å². The van der Waals surface area contributed by atoms with Crippen molar-refractivity contribution in [3.8, 4) is 0 Å². The summed E-state index contributed by atoms with van der Waals surface area (Å²) in [6.45, 7) is 0.423. The SMILES string of the molecule is O=C1CCN(SC(F)(F)F)CC1. The average molecular weight is 199 g/mol. The molecule has 0 unspecified atom stereocenters. The molecule has 12 heavy (non-hydrogen) atoms. The van der Waals surface area contributed by atoms with Gasteiger partial charge in [0.25, 0.3) is 0 Å². The van der Waals surface area contributed by atoms with Gasteiger partial charge in [0.05, 0.1) is 0 Å². The molecular formula is C6H8F3NOS. The van der Waals surface area contributed by atoms with Crippen LogP contribution in [0.1, 0.15) is 12.8 Å². The van der Waals surface area contributed by atoms with Gasteiger partial charge in [0.1, 0.15) is 5.78 Å². The quantitative estimate of drug-likeness (QED) is 0.601. The number of hydrogen-bond donors (Lipinski definition) is 0. The van der Waals surface area contributed by atoms with Gasteiger partial charge in [-0.05, 0) is 0 Å². The molecule has 0 aromatic heterocycles. The highest BCUT2D eigenvalue weighted by Gasteiger charge is 2.33. The second kappa shape index (κ2) is 3.66. The number of rotatable bonds is 1. The van der Waals surface area contributed by atoms with Gasteiger partial charge in [-0.2, -0.15) is 13.2 Å². The zero-order chi connectivity index (χ0) is 9.19. The number of piperidine rings is 1. The number of nitrogens with zero attached hydrogens (tertiary/aromatic N) is 1. The molecule has 6 heteroatoms. The molecule has 1 aliphatic rings. The summed E-state index contributed by atoms with van der Waals surface area (Å²) < 4.78 is 36.5. The fourth-order valence-electron chi connectivity index (χ4n) is 0.973. The summed E-state index contributed by atoms with van der Waals surface area (Å²) >= 11 is -0.139. The molecule has 0 aromatic rings. The summed E-state index contributed by atoms with van der Waals surface area (Å²) in [7, 11) is 0. The number of carbonyl (C=O) groups excluding carboxylic acids is 1. The number of Topliss-reactive ketones (excluding diaryl/α,β-unsaturated/α-hetero) is 1. The van der Waals surface area contributed by atoms with Gasteiger partial charge in [0, 0.05) is 37.9 Å². The molecule has 1 aliphatic heterocycles. The van der Waals surface area contributed by atoms with Crippen LogP contribution in [0.5, 0.6) is 0 Å². The summed E-state index contributed by atoms with van der Waals surface area (Å²) in [6, 6.07) is 0. The van der Waals surface area contributed by atoms with Crippen LogP contribution < -0.4 is 0 Å². The number of carbonyl (C=O) groups is 1. The zero-order valence-corrected chi connectivity index (χ0v) is 7.04. The van der Waals surface area contributed by atoms with E-state index in [4.69, 9.17) is 0 Å². The Kier molecular flexibility index (Phi) is 3.00. The lowest BCUT2D eigenvalue weighted by molar-refractivity contribution is -0.120. The predicted octanol–water partition coefficient (Wildman–Crippen LogP) is 1.82. The Balaban J connectivity index is 2.31. The topological polar surface area (TPSA) is 20.3 Å². The normalized spacial score (nSPS) is 21.4. The van der Waals surface area contributed by atoms with Crippen molar-refractivity contribution in [1.29, 1.82) is 0 Å². The monoisotopic (exact) mass is 199 g/mol. The minimum Gasteiger partial charge on any atom is -0.300 e. The molecule has 0 aromatic carbocycles. The molecule has 0 saturated carbocycles. The third-order valence-electron chi connectivity index (χ3n) is 1.51. The van der Waals surface area contributed by atoms with E-state index >= 15 is 0 Å². The molecule has 2 nitrogen and oxygen atoms in total. The maximum atomic E-state index is 11.8. The van der Waals surface area contributed by atoms with Crippen LogP contribution in [-0.4, -0.2) is 28.7 Å². The predicted molar refractivity (Wildman–Crippen MR) is 39.5 cm³/mol. The first kappa shape index (κ1) is 9.85. The minimum absolute atomic E-state index is 0.0500. The minimum atomic E-state index is -4.22. The first-order valence-electron chi connectivity index (χ1n) is 3.50. The molecule has 0 aliphatic carbocycles. The Labute approximate surface area is 72.2 Å². The molecular weight excluding hydrogens is 191 g/mol. The van der Waals surface area contributed by atoms with E-state index in [-0.39, 0.29) is 43.7 Å². The van der Waals surface area contributed by atoms with Gasteiger partial charge in [-0.25, -0.2) is 4.31 Å². The van der Waals surface area contributed by atoms with Crippen molar-refractivity contribution < 1.29 is 18.0 Å². The van der Waals surface area contributed by atoms with Crippen molar-refractivity contribution in [2.75, 3.05) is 13.1 Å². The van der Waals surface area contributed by atoms with Crippen LogP contribution in [0.4, 0.5) is 13.2 Å². The number of halogens is 3. The molecule has 0 spiro atoms. The van der Waals surface area contributed by atoms with Crippen LogP contribution >= 0.6 is 11.9 Å². The van der Waals surface area contributed by atoms with Crippen molar-refractivity contribution in [3.63, 3.8) is 0 Å². The second-order valence-corrected chi connectivity index (χ2v) is 3.67. The highest BCUT2D eigenvalue weighted by atomic mass is 32.2. The third kappa shape index (κ3) is 3.44. The Morgan fingerprint density at radius 3 is 2.17 bits per heavy atom. The standard InChI is InChI=1S/C6H8F3NOS/c7-6(8,9)12-10-3-1-5(11)2-4-10/h1-4H2. The van der Waals surface area contributed by atoms with E-state index in [9.17, 15) is 18.0 Å². The molecule has 1 saturated heterocycles. The van der Waals surface area contributed by atoms with Gasteiger partial charge >= 0.3 is 5.51 Å². The smallest absolute Gasteiger partial charge is 0.300 e. The largest absolute Gasteiger partial charge is 0.456 e. The number of hydrogen-bond acceptors (Lipinski definition) is 3.